The van der Waals surface area contributed by atoms with Crippen LogP contribution in [0.4, 0.5) is 11.6 Å². The maximum absolute atomic E-state index is 4.41. The standard InChI is InChI=1S/C15H18N6/c1-11-4-15(19-10-17-11)21-7-12-5-20(6-13(12)8-21)14-2-3-16-9-18-14/h2-4,9-10,12-13H,5-8H2,1H3. The molecule has 0 spiro atoms. The zero-order chi connectivity index (χ0) is 14.2. The zero-order valence-corrected chi connectivity index (χ0v) is 12.1. The molecule has 0 aliphatic carbocycles. The number of hydrogen-bond donors (Lipinski definition) is 0. The lowest BCUT2D eigenvalue weighted by molar-refractivity contribution is 0.533. The predicted molar refractivity (Wildman–Crippen MR) is 80.2 cm³/mol. The summed E-state index contributed by atoms with van der Waals surface area (Å²) in [6.45, 7) is 6.30. The van der Waals surface area contributed by atoms with Crippen LogP contribution in [0.2, 0.25) is 0 Å². The SMILES string of the molecule is Cc1cc(N2CC3CN(c4ccncn4)CC3C2)ncn1. The van der Waals surface area contributed by atoms with Crippen molar-refractivity contribution in [2.24, 2.45) is 11.8 Å². The summed E-state index contributed by atoms with van der Waals surface area (Å²) in [6.07, 6.45) is 5.10. The van der Waals surface area contributed by atoms with Crippen molar-refractivity contribution in [3.63, 3.8) is 0 Å². The lowest BCUT2D eigenvalue weighted by atomic mass is 10.0. The van der Waals surface area contributed by atoms with Crippen molar-refractivity contribution < 1.29 is 0 Å². The molecule has 6 heteroatoms. The second-order valence-corrected chi connectivity index (χ2v) is 5.92. The molecule has 0 saturated carbocycles. The molecular weight excluding hydrogens is 264 g/mol. The van der Waals surface area contributed by atoms with Gasteiger partial charge >= 0.3 is 0 Å². The number of hydrogen-bond acceptors (Lipinski definition) is 6. The summed E-state index contributed by atoms with van der Waals surface area (Å²) in [4.78, 5) is 21.7. The van der Waals surface area contributed by atoms with Gasteiger partial charge in [0.1, 0.15) is 24.3 Å². The van der Waals surface area contributed by atoms with E-state index >= 15 is 0 Å². The van der Waals surface area contributed by atoms with Gasteiger partial charge in [-0.05, 0) is 13.0 Å². The van der Waals surface area contributed by atoms with Gasteiger partial charge in [-0.3, -0.25) is 0 Å². The van der Waals surface area contributed by atoms with Gasteiger partial charge in [0.25, 0.3) is 0 Å². The van der Waals surface area contributed by atoms with Gasteiger partial charge in [0.05, 0.1) is 0 Å². The molecule has 4 heterocycles. The van der Waals surface area contributed by atoms with Gasteiger partial charge in [-0.15, -0.1) is 0 Å². The van der Waals surface area contributed by atoms with E-state index < -0.39 is 0 Å². The first-order chi connectivity index (χ1) is 10.3. The number of aromatic nitrogens is 4. The van der Waals surface area contributed by atoms with E-state index in [4.69, 9.17) is 0 Å². The lowest BCUT2D eigenvalue weighted by Crippen LogP contribution is -2.29. The zero-order valence-electron chi connectivity index (χ0n) is 12.1. The third-order valence-electron chi connectivity index (χ3n) is 4.49. The van der Waals surface area contributed by atoms with Gasteiger partial charge in [-0.25, -0.2) is 19.9 Å². The Balaban J connectivity index is 1.46. The molecule has 6 nitrogen and oxygen atoms in total. The molecule has 2 saturated heterocycles. The van der Waals surface area contributed by atoms with Crippen LogP contribution in [0.3, 0.4) is 0 Å². The molecule has 0 amide bonds. The fourth-order valence-electron chi connectivity index (χ4n) is 3.45. The topological polar surface area (TPSA) is 58.0 Å². The van der Waals surface area contributed by atoms with Crippen molar-refractivity contribution in [1.82, 2.24) is 19.9 Å². The van der Waals surface area contributed by atoms with Crippen molar-refractivity contribution in [2.75, 3.05) is 36.0 Å². The van der Waals surface area contributed by atoms with Crippen LogP contribution in [0.25, 0.3) is 0 Å². The Labute approximate surface area is 123 Å². The van der Waals surface area contributed by atoms with Crippen molar-refractivity contribution >= 4 is 11.6 Å². The summed E-state index contributed by atoms with van der Waals surface area (Å²) in [5.41, 5.74) is 1.03. The van der Waals surface area contributed by atoms with Crippen LogP contribution in [0.15, 0.2) is 31.0 Å². The molecule has 2 aromatic heterocycles. The minimum Gasteiger partial charge on any atom is -0.356 e. The van der Waals surface area contributed by atoms with Crippen molar-refractivity contribution in [1.29, 1.82) is 0 Å². The predicted octanol–water partition coefficient (Wildman–Crippen LogP) is 1.15. The Kier molecular flexibility index (Phi) is 2.94. The van der Waals surface area contributed by atoms with Crippen LogP contribution in [0.5, 0.6) is 0 Å². The number of fused-ring (bicyclic) bond motifs is 1. The monoisotopic (exact) mass is 282 g/mol. The molecule has 0 radical (unpaired) electrons. The Bertz CT molecular complexity index is 617. The third kappa shape index (κ3) is 2.30. The van der Waals surface area contributed by atoms with Gasteiger partial charge in [-0.1, -0.05) is 0 Å². The molecule has 2 aliphatic heterocycles. The molecule has 2 fully saturated rings. The van der Waals surface area contributed by atoms with E-state index in [2.05, 4.69) is 35.8 Å². The quantitative estimate of drug-likeness (QED) is 0.823. The molecule has 0 aromatic carbocycles. The average Bonchev–Trinajstić information content (AvgIpc) is 3.07. The minimum atomic E-state index is 0.690. The summed E-state index contributed by atoms with van der Waals surface area (Å²) < 4.78 is 0. The summed E-state index contributed by atoms with van der Waals surface area (Å²) in [6, 6.07) is 4.07. The molecule has 2 unspecified atom stereocenters. The van der Waals surface area contributed by atoms with E-state index in [0.717, 1.165) is 43.5 Å². The van der Waals surface area contributed by atoms with E-state index in [1.165, 1.54) is 0 Å². The number of rotatable bonds is 2. The van der Waals surface area contributed by atoms with Crippen LogP contribution < -0.4 is 9.80 Å². The van der Waals surface area contributed by atoms with Crippen LogP contribution >= 0.6 is 0 Å². The maximum atomic E-state index is 4.41. The smallest absolute Gasteiger partial charge is 0.132 e. The van der Waals surface area contributed by atoms with Crippen molar-refractivity contribution in [3.8, 4) is 0 Å². The molecule has 2 aromatic rings. The minimum absolute atomic E-state index is 0.690. The number of nitrogens with zero attached hydrogens (tertiary/aromatic N) is 6. The molecule has 0 bridgehead atoms. The van der Waals surface area contributed by atoms with Crippen LogP contribution in [-0.2, 0) is 0 Å². The second-order valence-electron chi connectivity index (χ2n) is 5.92. The fraction of sp³-hybridized carbons (Fsp3) is 0.467. The van der Waals surface area contributed by atoms with Gasteiger partial charge in [0, 0.05) is 56.0 Å². The Morgan fingerprint density at radius 2 is 1.57 bits per heavy atom. The Hall–Kier alpha value is -2.24. The van der Waals surface area contributed by atoms with Crippen LogP contribution in [0.1, 0.15) is 5.69 Å². The largest absolute Gasteiger partial charge is 0.356 e. The molecular formula is C15H18N6. The highest BCUT2D eigenvalue weighted by molar-refractivity contribution is 5.44. The highest BCUT2D eigenvalue weighted by Crippen LogP contribution is 2.34. The van der Waals surface area contributed by atoms with Crippen LogP contribution in [0, 0.1) is 18.8 Å². The molecule has 4 rings (SSSR count). The van der Waals surface area contributed by atoms with E-state index in [9.17, 15) is 0 Å². The van der Waals surface area contributed by atoms with E-state index in [-0.39, 0.29) is 0 Å². The van der Waals surface area contributed by atoms with E-state index in [1.807, 2.05) is 19.2 Å². The van der Waals surface area contributed by atoms with Gasteiger partial charge in [-0.2, -0.15) is 0 Å². The lowest BCUT2D eigenvalue weighted by Gasteiger charge is -2.22. The first kappa shape index (κ1) is 12.5. The normalized spacial score (nSPS) is 24.4. The molecule has 2 aliphatic rings. The summed E-state index contributed by atoms with van der Waals surface area (Å²) in [5.74, 6) is 3.49. The average molecular weight is 282 g/mol. The summed E-state index contributed by atoms with van der Waals surface area (Å²) in [7, 11) is 0. The molecule has 0 N–H and O–H groups in total. The summed E-state index contributed by atoms with van der Waals surface area (Å²) in [5, 5.41) is 0. The van der Waals surface area contributed by atoms with Gasteiger partial charge in [0.15, 0.2) is 0 Å². The van der Waals surface area contributed by atoms with E-state index in [0.29, 0.717) is 11.8 Å². The Morgan fingerprint density at radius 3 is 2.19 bits per heavy atom. The highest BCUT2D eigenvalue weighted by Gasteiger charge is 2.40. The van der Waals surface area contributed by atoms with E-state index in [1.54, 1.807) is 12.7 Å². The number of aryl methyl sites for hydroxylation is 1. The van der Waals surface area contributed by atoms with Crippen molar-refractivity contribution in [3.05, 3.63) is 36.7 Å². The van der Waals surface area contributed by atoms with Gasteiger partial charge in [0.2, 0.25) is 0 Å². The number of anilines is 2. The van der Waals surface area contributed by atoms with Crippen molar-refractivity contribution in [2.45, 2.75) is 6.92 Å². The molecule has 21 heavy (non-hydrogen) atoms. The first-order valence-corrected chi connectivity index (χ1v) is 7.34. The fourth-order valence-corrected chi connectivity index (χ4v) is 3.45. The Morgan fingerprint density at radius 1 is 0.905 bits per heavy atom. The maximum Gasteiger partial charge on any atom is 0.132 e. The second kappa shape index (κ2) is 4.95. The third-order valence-corrected chi connectivity index (χ3v) is 4.49. The first-order valence-electron chi connectivity index (χ1n) is 7.34. The van der Waals surface area contributed by atoms with Crippen LogP contribution in [-0.4, -0.2) is 46.1 Å². The summed E-state index contributed by atoms with van der Waals surface area (Å²) >= 11 is 0. The molecule has 108 valence electrons. The van der Waals surface area contributed by atoms with Gasteiger partial charge < -0.3 is 9.80 Å². The highest BCUT2D eigenvalue weighted by atomic mass is 15.3. The molecule has 2 atom stereocenters.